The van der Waals surface area contributed by atoms with E-state index >= 15 is 0 Å². The minimum absolute atomic E-state index is 0.127. The van der Waals surface area contributed by atoms with Gasteiger partial charge in [0.2, 0.25) is 11.8 Å². The number of ether oxygens (including phenoxy) is 2. The van der Waals surface area contributed by atoms with Gasteiger partial charge in [0.1, 0.15) is 0 Å². The number of carbonyl (C=O) groups is 2. The van der Waals surface area contributed by atoms with E-state index in [4.69, 9.17) is 9.47 Å². The van der Waals surface area contributed by atoms with Crippen LogP contribution in [0.5, 0.6) is 0 Å². The summed E-state index contributed by atoms with van der Waals surface area (Å²) in [5.74, 6) is 0.351. The molecule has 4 saturated heterocycles. The first kappa shape index (κ1) is 25.4. The highest BCUT2D eigenvalue weighted by Gasteiger charge is 2.49. The molecule has 32 heavy (non-hydrogen) atoms. The van der Waals surface area contributed by atoms with Gasteiger partial charge in [-0.25, -0.2) is 0 Å². The highest BCUT2D eigenvalue weighted by Crippen LogP contribution is 2.35. The Bertz CT molecular complexity index is 669. The van der Waals surface area contributed by atoms with E-state index in [1.165, 1.54) is 0 Å². The van der Waals surface area contributed by atoms with Crippen molar-refractivity contribution in [1.29, 1.82) is 0 Å². The quantitative estimate of drug-likeness (QED) is 0.587. The van der Waals surface area contributed by atoms with Crippen LogP contribution < -0.4 is 10.6 Å². The van der Waals surface area contributed by atoms with Crippen LogP contribution in [0, 0.1) is 0 Å². The molecular formula is C24H44N4O4. The van der Waals surface area contributed by atoms with Crippen LogP contribution in [-0.4, -0.2) is 83.5 Å². The van der Waals surface area contributed by atoms with Crippen molar-refractivity contribution in [3.05, 3.63) is 0 Å². The number of piperidine rings is 2. The maximum absolute atomic E-state index is 12.1. The lowest BCUT2D eigenvalue weighted by Crippen LogP contribution is -2.68. The molecule has 184 valence electrons. The fourth-order valence-corrected chi connectivity index (χ4v) is 5.40. The summed E-state index contributed by atoms with van der Waals surface area (Å²) in [5.41, 5.74) is -0.845. The van der Waals surface area contributed by atoms with Gasteiger partial charge in [0, 0.05) is 24.2 Å². The SMILES string of the molecule is CC(C)(C)N1C(=O)CCOC12CCCNC2.CC(C)(C)N1CCCC2(C1)NC(=O)CCO2. The lowest BCUT2D eigenvalue weighted by atomic mass is 9.92. The molecule has 4 aliphatic rings. The van der Waals surface area contributed by atoms with E-state index in [1.54, 1.807) is 0 Å². The first-order valence-corrected chi connectivity index (χ1v) is 12.2. The lowest BCUT2D eigenvalue weighted by Gasteiger charge is -2.54. The Morgan fingerprint density at radius 1 is 0.906 bits per heavy atom. The molecule has 8 heteroatoms. The van der Waals surface area contributed by atoms with Crippen LogP contribution in [0.4, 0.5) is 0 Å². The maximum atomic E-state index is 12.1. The first-order chi connectivity index (χ1) is 14.9. The van der Waals surface area contributed by atoms with Gasteiger partial charge >= 0.3 is 0 Å². The molecule has 4 aliphatic heterocycles. The third-order valence-corrected chi connectivity index (χ3v) is 6.81. The molecule has 0 aromatic carbocycles. The van der Waals surface area contributed by atoms with Crippen LogP contribution in [0.25, 0.3) is 0 Å². The van der Waals surface area contributed by atoms with Crippen molar-refractivity contribution in [3.63, 3.8) is 0 Å². The van der Waals surface area contributed by atoms with Crippen molar-refractivity contribution < 1.29 is 19.1 Å². The number of nitrogens with one attached hydrogen (secondary N) is 2. The monoisotopic (exact) mass is 452 g/mol. The van der Waals surface area contributed by atoms with Crippen molar-refractivity contribution in [3.8, 4) is 0 Å². The fraction of sp³-hybridized carbons (Fsp3) is 0.917. The van der Waals surface area contributed by atoms with Crippen LogP contribution in [0.15, 0.2) is 0 Å². The fourth-order valence-electron chi connectivity index (χ4n) is 5.40. The molecular weight excluding hydrogens is 408 g/mol. The van der Waals surface area contributed by atoms with Crippen LogP contribution in [0.2, 0.25) is 0 Å². The standard InChI is InChI=1S/2C12H22N2O2/c1-11(2,3)14-7-4-6-12(9-14)13-10(15)5-8-16-12;1-11(2,3)14-10(15)5-8-16-12(14)6-4-7-13-9-12/h4-9H2,1-3H3,(H,13,15);13H,4-9H2,1-3H3. The molecule has 4 rings (SSSR count). The molecule has 4 heterocycles. The molecule has 2 amide bonds. The molecule has 8 nitrogen and oxygen atoms in total. The second kappa shape index (κ2) is 9.57. The van der Waals surface area contributed by atoms with Gasteiger partial charge in [0.05, 0.1) is 26.1 Å². The van der Waals surface area contributed by atoms with E-state index in [0.29, 0.717) is 26.1 Å². The highest BCUT2D eigenvalue weighted by atomic mass is 16.5. The molecule has 0 saturated carbocycles. The zero-order valence-corrected chi connectivity index (χ0v) is 21.0. The van der Waals surface area contributed by atoms with Crippen LogP contribution >= 0.6 is 0 Å². The zero-order valence-electron chi connectivity index (χ0n) is 21.0. The van der Waals surface area contributed by atoms with Gasteiger partial charge in [-0.1, -0.05) is 0 Å². The molecule has 2 N–H and O–H groups in total. The third-order valence-electron chi connectivity index (χ3n) is 6.81. The van der Waals surface area contributed by atoms with Gasteiger partial charge in [-0.05, 0) is 80.3 Å². The molecule has 0 aromatic heterocycles. The number of nitrogens with zero attached hydrogens (tertiary/aromatic N) is 2. The predicted molar refractivity (Wildman–Crippen MR) is 124 cm³/mol. The minimum atomic E-state index is -0.416. The van der Waals surface area contributed by atoms with E-state index in [0.717, 1.165) is 51.9 Å². The summed E-state index contributed by atoms with van der Waals surface area (Å²) in [5, 5.41) is 6.38. The van der Waals surface area contributed by atoms with Gasteiger partial charge in [-0.3, -0.25) is 14.5 Å². The Labute approximate surface area is 193 Å². The summed E-state index contributed by atoms with van der Waals surface area (Å²) < 4.78 is 11.8. The van der Waals surface area contributed by atoms with E-state index < -0.39 is 11.4 Å². The highest BCUT2D eigenvalue weighted by molar-refractivity contribution is 5.78. The van der Waals surface area contributed by atoms with Crippen molar-refractivity contribution in [2.24, 2.45) is 0 Å². The van der Waals surface area contributed by atoms with Crippen LogP contribution in [0.3, 0.4) is 0 Å². The number of likely N-dealkylation sites (tertiary alicyclic amines) is 1. The Hall–Kier alpha value is -1.22. The molecule has 4 fully saturated rings. The van der Waals surface area contributed by atoms with Gasteiger partial charge in [-0.15, -0.1) is 0 Å². The van der Waals surface area contributed by atoms with Gasteiger partial charge in [-0.2, -0.15) is 0 Å². The van der Waals surface area contributed by atoms with E-state index in [1.807, 2.05) is 4.90 Å². The largest absolute Gasteiger partial charge is 0.354 e. The predicted octanol–water partition coefficient (Wildman–Crippen LogP) is 2.23. The summed E-state index contributed by atoms with van der Waals surface area (Å²) in [4.78, 5) is 28.0. The molecule has 0 radical (unpaired) electrons. The average molecular weight is 453 g/mol. The second-order valence-electron chi connectivity index (χ2n) is 11.6. The number of hydrogen-bond acceptors (Lipinski definition) is 6. The summed E-state index contributed by atoms with van der Waals surface area (Å²) >= 11 is 0. The van der Waals surface area contributed by atoms with Gasteiger partial charge < -0.3 is 25.0 Å². The van der Waals surface area contributed by atoms with Gasteiger partial charge in [0.25, 0.3) is 0 Å². The second-order valence-corrected chi connectivity index (χ2v) is 11.6. The Kier molecular flexibility index (Phi) is 7.59. The summed E-state index contributed by atoms with van der Waals surface area (Å²) in [6.45, 7) is 17.7. The van der Waals surface area contributed by atoms with Crippen LogP contribution in [-0.2, 0) is 19.1 Å². The molecule has 2 spiro atoms. The average Bonchev–Trinajstić information content (AvgIpc) is 2.67. The van der Waals surface area contributed by atoms with Crippen molar-refractivity contribution >= 4 is 11.8 Å². The Morgan fingerprint density at radius 2 is 1.62 bits per heavy atom. The summed E-state index contributed by atoms with van der Waals surface area (Å²) in [6.07, 6.45) is 5.04. The Morgan fingerprint density at radius 3 is 2.22 bits per heavy atom. The van der Waals surface area contributed by atoms with Crippen LogP contribution in [0.1, 0.15) is 80.1 Å². The summed E-state index contributed by atoms with van der Waals surface area (Å²) in [6, 6.07) is 0. The number of rotatable bonds is 0. The Balaban J connectivity index is 0.000000181. The van der Waals surface area contributed by atoms with Gasteiger partial charge in [0.15, 0.2) is 11.4 Å². The van der Waals surface area contributed by atoms with Crippen molar-refractivity contribution in [2.45, 2.75) is 103 Å². The molecule has 0 bridgehead atoms. The van der Waals surface area contributed by atoms with E-state index in [-0.39, 0.29) is 22.9 Å². The molecule has 2 unspecified atom stereocenters. The molecule has 0 aromatic rings. The summed E-state index contributed by atoms with van der Waals surface area (Å²) in [7, 11) is 0. The normalized spacial score (nSPS) is 32.5. The lowest BCUT2D eigenvalue weighted by molar-refractivity contribution is -0.220. The van der Waals surface area contributed by atoms with Crippen molar-refractivity contribution in [1.82, 2.24) is 20.4 Å². The maximum Gasteiger partial charge on any atom is 0.227 e. The smallest absolute Gasteiger partial charge is 0.227 e. The minimum Gasteiger partial charge on any atom is -0.354 e. The molecule has 2 atom stereocenters. The number of hydrogen-bond donors (Lipinski definition) is 2. The van der Waals surface area contributed by atoms with E-state index in [9.17, 15) is 9.59 Å². The van der Waals surface area contributed by atoms with Crippen molar-refractivity contribution in [2.75, 3.05) is 39.4 Å². The molecule has 0 aliphatic carbocycles. The van der Waals surface area contributed by atoms with E-state index in [2.05, 4.69) is 57.1 Å². The topological polar surface area (TPSA) is 83.1 Å². The third kappa shape index (κ3) is 5.82. The number of amides is 2. The first-order valence-electron chi connectivity index (χ1n) is 12.2. The zero-order chi connectivity index (χ0) is 23.6. The number of carbonyl (C=O) groups excluding carboxylic acids is 2.